The molecule has 1 aliphatic heterocycles. The second kappa shape index (κ2) is 8.19. The maximum absolute atomic E-state index is 12.3. The molecule has 1 fully saturated rings. The number of benzene rings is 1. The Morgan fingerprint density at radius 1 is 1.12 bits per heavy atom. The molecule has 0 aromatic heterocycles. The zero-order valence-electron chi connectivity index (χ0n) is 13.5. The van der Waals surface area contributed by atoms with Gasteiger partial charge in [-0.05, 0) is 5.56 Å². The molecule has 8 nitrogen and oxygen atoms in total. The Labute approximate surface area is 139 Å². The van der Waals surface area contributed by atoms with E-state index >= 15 is 0 Å². The molecule has 1 heterocycles. The van der Waals surface area contributed by atoms with Gasteiger partial charge in [-0.15, -0.1) is 0 Å². The van der Waals surface area contributed by atoms with Crippen molar-refractivity contribution in [2.45, 2.75) is 25.2 Å². The number of hydrogen-bond acceptors (Lipinski definition) is 7. The van der Waals surface area contributed by atoms with Gasteiger partial charge in [0, 0.05) is 6.42 Å². The van der Waals surface area contributed by atoms with Crippen LogP contribution in [0.2, 0.25) is 0 Å². The number of esters is 1. The van der Waals surface area contributed by atoms with Crippen LogP contribution in [0.3, 0.4) is 0 Å². The monoisotopic (exact) mass is 337 g/mol. The predicted molar refractivity (Wildman–Crippen MR) is 81.0 cm³/mol. The first kappa shape index (κ1) is 17.6. The smallest absolute Gasteiger partial charge is 0.467 e. The van der Waals surface area contributed by atoms with Crippen molar-refractivity contribution in [3.05, 3.63) is 35.9 Å². The van der Waals surface area contributed by atoms with E-state index in [-0.39, 0.29) is 19.6 Å². The van der Waals surface area contributed by atoms with E-state index in [0.717, 1.165) is 5.56 Å². The topological polar surface area (TPSA) is 91.4 Å². The van der Waals surface area contributed by atoms with Crippen LogP contribution in [0.25, 0.3) is 0 Å². The molecule has 0 bridgehead atoms. The third-order valence-corrected chi connectivity index (χ3v) is 3.61. The summed E-state index contributed by atoms with van der Waals surface area (Å²) >= 11 is 0. The average Bonchev–Trinajstić information content (AvgIpc) is 3.03. The van der Waals surface area contributed by atoms with E-state index in [1.54, 1.807) is 0 Å². The molecule has 1 amide bonds. The minimum atomic E-state index is -0.872. The van der Waals surface area contributed by atoms with Crippen molar-refractivity contribution in [3.8, 4) is 0 Å². The normalized spacial score (nSPS) is 19.5. The van der Waals surface area contributed by atoms with Crippen LogP contribution >= 0.6 is 0 Å². The first-order valence-corrected chi connectivity index (χ1v) is 7.35. The molecule has 24 heavy (non-hydrogen) atoms. The molecule has 2 atom stereocenters. The summed E-state index contributed by atoms with van der Waals surface area (Å²) in [5.74, 6) is -0.595. The number of carbonyl (C=O) groups is 3. The Bertz CT molecular complexity index is 589. The van der Waals surface area contributed by atoms with Crippen molar-refractivity contribution in [3.63, 3.8) is 0 Å². The van der Waals surface area contributed by atoms with Gasteiger partial charge in [0.2, 0.25) is 0 Å². The van der Waals surface area contributed by atoms with Gasteiger partial charge < -0.3 is 18.9 Å². The van der Waals surface area contributed by atoms with Crippen LogP contribution < -0.4 is 0 Å². The Balaban J connectivity index is 1.99. The van der Waals surface area contributed by atoms with Crippen LogP contribution in [0, 0.1) is 0 Å². The third-order valence-electron chi connectivity index (χ3n) is 3.61. The maximum atomic E-state index is 12.3. The quantitative estimate of drug-likeness (QED) is 0.610. The molecule has 1 saturated heterocycles. The fourth-order valence-corrected chi connectivity index (χ4v) is 2.43. The second-order valence-electron chi connectivity index (χ2n) is 5.16. The number of ether oxygens (including phenoxy) is 4. The molecule has 1 aliphatic rings. The SMILES string of the molecule is COC(=O)O[C@@H]1C[C@@H](C(=O)OC)N(C(=O)OCc2ccccc2)C1. The fourth-order valence-electron chi connectivity index (χ4n) is 2.43. The van der Waals surface area contributed by atoms with Crippen molar-refractivity contribution >= 4 is 18.2 Å². The van der Waals surface area contributed by atoms with E-state index < -0.39 is 30.4 Å². The molecule has 1 aromatic carbocycles. The van der Waals surface area contributed by atoms with Crippen LogP contribution in [0.4, 0.5) is 9.59 Å². The lowest BCUT2D eigenvalue weighted by Gasteiger charge is -2.21. The lowest BCUT2D eigenvalue weighted by Crippen LogP contribution is -2.41. The van der Waals surface area contributed by atoms with E-state index in [0.29, 0.717) is 0 Å². The van der Waals surface area contributed by atoms with Gasteiger partial charge >= 0.3 is 18.2 Å². The molecule has 130 valence electrons. The van der Waals surface area contributed by atoms with Crippen molar-refractivity contribution in [2.24, 2.45) is 0 Å². The summed E-state index contributed by atoms with van der Waals surface area (Å²) in [7, 11) is 2.41. The lowest BCUT2D eigenvalue weighted by atomic mass is 10.2. The highest BCUT2D eigenvalue weighted by molar-refractivity contribution is 5.82. The Morgan fingerprint density at radius 2 is 1.83 bits per heavy atom. The summed E-state index contributed by atoms with van der Waals surface area (Å²) in [6, 6.07) is 8.28. The average molecular weight is 337 g/mol. The summed E-state index contributed by atoms with van der Waals surface area (Å²) in [6.45, 7) is 0.106. The van der Waals surface area contributed by atoms with Crippen LogP contribution in [0.5, 0.6) is 0 Å². The van der Waals surface area contributed by atoms with Crippen molar-refractivity contribution in [1.82, 2.24) is 4.90 Å². The van der Waals surface area contributed by atoms with E-state index in [9.17, 15) is 14.4 Å². The number of nitrogens with zero attached hydrogens (tertiary/aromatic N) is 1. The van der Waals surface area contributed by atoms with Gasteiger partial charge in [-0.2, -0.15) is 0 Å². The number of rotatable bonds is 4. The number of likely N-dealkylation sites (tertiary alicyclic amines) is 1. The van der Waals surface area contributed by atoms with Gasteiger partial charge in [-0.3, -0.25) is 4.90 Å². The summed E-state index contributed by atoms with van der Waals surface area (Å²) < 4.78 is 19.4. The first-order chi connectivity index (χ1) is 11.5. The predicted octanol–water partition coefficient (Wildman–Crippen LogP) is 1.72. The van der Waals surface area contributed by atoms with Crippen molar-refractivity contribution < 1.29 is 33.3 Å². The molecule has 0 spiro atoms. The van der Waals surface area contributed by atoms with E-state index in [1.165, 1.54) is 19.1 Å². The Kier molecular flexibility index (Phi) is 6.00. The van der Waals surface area contributed by atoms with Crippen LogP contribution in [-0.2, 0) is 30.3 Å². The van der Waals surface area contributed by atoms with Crippen LogP contribution in [-0.4, -0.2) is 56.0 Å². The maximum Gasteiger partial charge on any atom is 0.508 e. The van der Waals surface area contributed by atoms with Crippen LogP contribution in [0.1, 0.15) is 12.0 Å². The number of amides is 1. The number of hydrogen-bond donors (Lipinski definition) is 0. The van der Waals surface area contributed by atoms with E-state index in [1.807, 2.05) is 30.3 Å². The highest BCUT2D eigenvalue weighted by Crippen LogP contribution is 2.23. The third kappa shape index (κ3) is 4.37. The van der Waals surface area contributed by atoms with Gasteiger partial charge in [-0.25, -0.2) is 14.4 Å². The Morgan fingerprint density at radius 3 is 2.46 bits per heavy atom. The first-order valence-electron chi connectivity index (χ1n) is 7.35. The lowest BCUT2D eigenvalue weighted by molar-refractivity contribution is -0.145. The number of carbonyl (C=O) groups excluding carboxylic acids is 3. The highest BCUT2D eigenvalue weighted by Gasteiger charge is 2.43. The molecular formula is C16H19NO7. The van der Waals surface area contributed by atoms with Gasteiger partial charge in [0.15, 0.2) is 0 Å². The molecule has 0 unspecified atom stereocenters. The van der Waals surface area contributed by atoms with Gasteiger partial charge in [0.25, 0.3) is 0 Å². The molecule has 0 aliphatic carbocycles. The minimum Gasteiger partial charge on any atom is -0.467 e. The summed E-state index contributed by atoms with van der Waals surface area (Å²) in [6.07, 6.45) is -2.08. The Hall–Kier alpha value is -2.77. The van der Waals surface area contributed by atoms with E-state index in [4.69, 9.17) is 14.2 Å². The summed E-state index contributed by atoms with van der Waals surface area (Å²) in [4.78, 5) is 36.5. The largest absolute Gasteiger partial charge is 0.508 e. The van der Waals surface area contributed by atoms with Gasteiger partial charge in [0.05, 0.1) is 20.8 Å². The molecule has 8 heteroatoms. The highest BCUT2D eigenvalue weighted by atomic mass is 16.7. The van der Waals surface area contributed by atoms with E-state index in [2.05, 4.69) is 4.74 Å². The molecule has 0 radical (unpaired) electrons. The molecule has 0 saturated carbocycles. The zero-order chi connectivity index (χ0) is 17.5. The molecule has 2 rings (SSSR count). The summed E-state index contributed by atoms with van der Waals surface area (Å²) in [5, 5.41) is 0. The van der Waals surface area contributed by atoms with Crippen LogP contribution in [0.15, 0.2) is 30.3 Å². The van der Waals surface area contributed by atoms with Crippen molar-refractivity contribution in [2.75, 3.05) is 20.8 Å². The standard InChI is InChI=1S/C16H19NO7/c1-21-14(18)13-8-12(24-16(20)22-2)9-17(13)15(19)23-10-11-6-4-3-5-7-11/h3-7,12-13H,8-10H2,1-2H3/t12-,13+/m1/s1. The summed E-state index contributed by atoms with van der Waals surface area (Å²) in [5.41, 5.74) is 0.821. The second-order valence-corrected chi connectivity index (χ2v) is 5.16. The minimum absolute atomic E-state index is 0.0302. The van der Waals surface area contributed by atoms with Gasteiger partial charge in [-0.1, -0.05) is 30.3 Å². The van der Waals surface area contributed by atoms with Gasteiger partial charge in [0.1, 0.15) is 18.8 Å². The molecule has 0 N–H and O–H groups in total. The molecule has 1 aromatic rings. The number of methoxy groups -OCH3 is 2. The molecular weight excluding hydrogens is 318 g/mol. The van der Waals surface area contributed by atoms with Crippen molar-refractivity contribution in [1.29, 1.82) is 0 Å². The fraction of sp³-hybridized carbons (Fsp3) is 0.438. The zero-order valence-corrected chi connectivity index (χ0v) is 13.5.